The molecule has 3 rings (SSSR count). The molecule has 1 aliphatic rings. The minimum absolute atomic E-state index is 0.0282. The highest BCUT2D eigenvalue weighted by molar-refractivity contribution is 5.99. The van der Waals surface area contributed by atoms with Gasteiger partial charge in [0, 0.05) is 11.5 Å². The third-order valence-electron chi connectivity index (χ3n) is 4.09. The van der Waals surface area contributed by atoms with Gasteiger partial charge in [0.05, 0.1) is 14.2 Å². The maximum atomic E-state index is 12.7. The molecule has 3 heteroatoms. The van der Waals surface area contributed by atoms with E-state index in [4.69, 9.17) is 9.47 Å². The van der Waals surface area contributed by atoms with E-state index in [2.05, 4.69) is 12.1 Å². The molecule has 0 atom stereocenters. The summed E-state index contributed by atoms with van der Waals surface area (Å²) in [5.74, 6) is 1.44. The molecule has 0 heterocycles. The molecule has 0 amide bonds. The number of ketones is 1. The quantitative estimate of drug-likeness (QED) is 0.807. The van der Waals surface area contributed by atoms with E-state index in [-0.39, 0.29) is 11.7 Å². The van der Waals surface area contributed by atoms with Crippen LogP contribution < -0.4 is 9.47 Å². The summed E-state index contributed by atoms with van der Waals surface area (Å²) >= 11 is 0. The van der Waals surface area contributed by atoms with Crippen LogP contribution in [0.3, 0.4) is 0 Å². The summed E-state index contributed by atoms with van der Waals surface area (Å²) in [7, 11) is 3.17. The van der Waals surface area contributed by atoms with Crippen molar-refractivity contribution in [1.82, 2.24) is 0 Å². The lowest BCUT2D eigenvalue weighted by atomic mass is 9.95. The van der Waals surface area contributed by atoms with Crippen LogP contribution in [-0.2, 0) is 12.8 Å². The van der Waals surface area contributed by atoms with Crippen molar-refractivity contribution >= 4 is 5.78 Å². The van der Waals surface area contributed by atoms with E-state index in [1.165, 1.54) is 11.1 Å². The molecular weight excluding hydrogens is 264 g/mol. The van der Waals surface area contributed by atoms with E-state index >= 15 is 0 Å². The van der Waals surface area contributed by atoms with Gasteiger partial charge in [-0.1, -0.05) is 24.3 Å². The van der Waals surface area contributed by atoms with E-state index in [9.17, 15) is 4.79 Å². The number of methoxy groups -OCH3 is 2. The summed E-state index contributed by atoms with van der Waals surface area (Å²) in [5, 5.41) is 0. The van der Waals surface area contributed by atoms with Gasteiger partial charge in [0.25, 0.3) is 0 Å². The van der Waals surface area contributed by atoms with Crippen LogP contribution in [0, 0.1) is 5.92 Å². The summed E-state index contributed by atoms with van der Waals surface area (Å²) in [4.78, 5) is 12.7. The Bertz CT molecular complexity index is 651. The number of fused-ring (bicyclic) bond motifs is 1. The molecule has 0 aromatic heterocycles. The maximum Gasteiger partial charge on any atom is 0.166 e. The molecule has 0 N–H and O–H groups in total. The first-order chi connectivity index (χ1) is 10.2. The average molecular weight is 282 g/mol. The molecule has 0 aliphatic heterocycles. The summed E-state index contributed by atoms with van der Waals surface area (Å²) < 4.78 is 10.5. The first-order valence-electron chi connectivity index (χ1n) is 7.06. The molecular formula is C18H18O3. The Morgan fingerprint density at radius 2 is 1.57 bits per heavy atom. The molecule has 3 nitrogen and oxygen atoms in total. The van der Waals surface area contributed by atoms with Gasteiger partial charge in [-0.25, -0.2) is 0 Å². The molecule has 0 radical (unpaired) electrons. The number of hydrogen-bond acceptors (Lipinski definition) is 3. The fraction of sp³-hybridized carbons (Fsp3) is 0.278. The van der Waals surface area contributed by atoms with Crippen molar-refractivity contribution in [2.24, 2.45) is 5.92 Å². The van der Waals surface area contributed by atoms with Gasteiger partial charge in [0.2, 0.25) is 0 Å². The molecule has 0 saturated heterocycles. The Balaban J connectivity index is 1.84. The smallest absolute Gasteiger partial charge is 0.166 e. The van der Waals surface area contributed by atoms with Gasteiger partial charge in [-0.05, 0) is 42.2 Å². The molecule has 1 aliphatic carbocycles. The van der Waals surface area contributed by atoms with Gasteiger partial charge in [-0.15, -0.1) is 0 Å². The Labute approximate surface area is 124 Å². The highest BCUT2D eigenvalue weighted by atomic mass is 16.5. The van der Waals surface area contributed by atoms with E-state index in [1.54, 1.807) is 26.4 Å². The summed E-state index contributed by atoms with van der Waals surface area (Å²) in [6, 6.07) is 13.6. The van der Waals surface area contributed by atoms with Crippen LogP contribution >= 0.6 is 0 Å². The number of benzene rings is 2. The summed E-state index contributed by atoms with van der Waals surface area (Å²) in [5.41, 5.74) is 3.26. The highest BCUT2D eigenvalue weighted by Gasteiger charge is 2.28. The predicted molar refractivity (Wildman–Crippen MR) is 81.2 cm³/mol. The number of carbonyl (C=O) groups excluding carboxylic acids is 1. The normalized spacial score (nSPS) is 13.8. The standard InChI is InChI=1S/C18H18O3/c1-20-16-8-7-14(11-17(16)21-2)18(19)15-9-12-5-3-4-6-13(12)10-15/h3-8,11,15H,9-10H2,1-2H3. The number of hydrogen-bond donors (Lipinski definition) is 0. The van der Waals surface area contributed by atoms with Crippen molar-refractivity contribution in [3.05, 3.63) is 59.2 Å². The molecule has 2 aromatic rings. The molecule has 21 heavy (non-hydrogen) atoms. The average Bonchev–Trinajstić information content (AvgIpc) is 2.97. The van der Waals surface area contributed by atoms with Crippen LogP contribution in [0.15, 0.2) is 42.5 Å². The van der Waals surface area contributed by atoms with E-state index in [0.717, 1.165) is 12.8 Å². The Hall–Kier alpha value is -2.29. The topological polar surface area (TPSA) is 35.5 Å². The fourth-order valence-electron chi connectivity index (χ4n) is 2.97. The van der Waals surface area contributed by atoms with Gasteiger partial charge in [-0.2, -0.15) is 0 Å². The molecule has 0 bridgehead atoms. The first kappa shape index (κ1) is 13.7. The zero-order valence-electron chi connectivity index (χ0n) is 12.3. The van der Waals surface area contributed by atoms with Gasteiger partial charge in [-0.3, -0.25) is 4.79 Å². The fourth-order valence-corrected chi connectivity index (χ4v) is 2.97. The van der Waals surface area contributed by atoms with Crippen molar-refractivity contribution in [2.45, 2.75) is 12.8 Å². The van der Waals surface area contributed by atoms with E-state index in [1.807, 2.05) is 18.2 Å². The Kier molecular flexibility index (Phi) is 3.65. The summed E-state index contributed by atoms with van der Waals surface area (Å²) in [6.07, 6.45) is 1.65. The van der Waals surface area contributed by atoms with Crippen LogP contribution in [0.5, 0.6) is 11.5 Å². The SMILES string of the molecule is COc1ccc(C(=O)C2Cc3ccccc3C2)cc1OC. The van der Waals surface area contributed by atoms with E-state index in [0.29, 0.717) is 17.1 Å². The van der Waals surface area contributed by atoms with Crippen molar-refractivity contribution in [2.75, 3.05) is 14.2 Å². The molecule has 108 valence electrons. The third kappa shape index (κ3) is 2.51. The van der Waals surface area contributed by atoms with Crippen LogP contribution in [0.25, 0.3) is 0 Å². The molecule has 2 aromatic carbocycles. The molecule has 0 saturated carbocycles. The number of carbonyl (C=O) groups is 1. The Morgan fingerprint density at radius 1 is 0.952 bits per heavy atom. The minimum Gasteiger partial charge on any atom is -0.493 e. The van der Waals surface area contributed by atoms with Crippen molar-refractivity contribution < 1.29 is 14.3 Å². The van der Waals surface area contributed by atoms with Gasteiger partial charge < -0.3 is 9.47 Å². The summed E-state index contributed by atoms with van der Waals surface area (Å²) in [6.45, 7) is 0. The maximum absolute atomic E-state index is 12.7. The van der Waals surface area contributed by atoms with Crippen molar-refractivity contribution in [3.63, 3.8) is 0 Å². The number of ether oxygens (including phenoxy) is 2. The molecule has 0 spiro atoms. The zero-order valence-corrected chi connectivity index (χ0v) is 12.3. The highest BCUT2D eigenvalue weighted by Crippen LogP contribution is 2.32. The number of Topliss-reactive ketones (excluding diaryl/α,β-unsaturated/α-hetero) is 1. The minimum atomic E-state index is 0.0282. The van der Waals surface area contributed by atoms with Crippen LogP contribution in [0.4, 0.5) is 0 Å². The molecule has 0 fully saturated rings. The van der Waals surface area contributed by atoms with Crippen molar-refractivity contribution in [1.29, 1.82) is 0 Å². The largest absolute Gasteiger partial charge is 0.493 e. The second kappa shape index (κ2) is 5.60. The molecule has 0 unspecified atom stereocenters. The lowest BCUT2D eigenvalue weighted by molar-refractivity contribution is 0.0924. The Morgan fingerprint density at radius 3 is 2.14 bits per heavy atom. The zero-order chi connectivity index (χ0) is 14.8. The van der Waals surface area contributed by atoms with Gasteiger partial charge >= 0.3 is 0 Å². The second-order valence-electron chi connectivity index (χ2n) is 5.31. The number of rotatable bonds is 4. The van der Waals surface area contributed by atoms with Crippen LogP contribution in [0.1, 0.15) is 21.5 Å². The third-order valence-corrected chi connectivity index (χ3v) is 4.09. The van der Waals surface area contributed by atoms with Crippen molar-refractivity contribution in [3.8, 4) is 11.5 Å². The predicted octanol–water partition coefficient (Wildman–Crippen LogP) is 3.30. The first-order valence-corrected chi connectivity index (χ1v) is 7.06. The monoisotopic (exact) mass is 282 g/mol. The van der Waals surface area contributed by atoms with Crippen LogP contribution in [-0.4, -0.2) is 20.0 Å². The second-order valence-corrected chi connectivity index (χ2v) is 5.31. The lowest BCUT2D eigenvalue weighted by Crippen LogP contribution is -2.15. The lowest BCUT2D eigenvalue weighted by Gasteiger charge is -2.11. The van der Waals surface area contributed by atoms with Gasteiger partial charge in [0.15, 0.2) is 17.3 Å². The van der Waals surface area contributed by atoms with Crippen LogP contribution in [0.2, 0.25) is 0 Å². The van der Waals surface area contributed by atoms with Gasteiger partial charge in [0.1, 0.15) is 0 Å². The van der Waals surface area contributed by atoms with E-state index < -0.39 is 0 Å².